The third-order valence-electron chi connectivity index (χ3n) is 5.70. The maximum atomic E-state index is 13.0. The predicted octanol–water partition coefficient (Wildman–Crippen LogP) is 2.64. The fourth-order valence-corrected chi connectivity index (χ4v) is 6.32. The summed E-state index contributed by atoms with van der Waals surface area (Å²) in [6.45, 7) is 2.59. The first-order chi connectivity index (χ1) is 14.4. The smallest absolute Gasteiger partial charge is 0.256 e. The van der Waals surface area contributed by atoms with Crippen molar-refractivity contribution in [1.82, 2.24) is 9.62 Å². The van der Waals surface area contributed by atoms with Crippen LogP contribution in [0.3, 0.4) is 0 Å². The summed E-state index contributed by atoms with van der Waals surface area (Å²) in [5, 5.41) is 4.51. The number of fused-ring (bicyclic) bond motifs is 1. The largest absolute Gasteiger partial charge is 0.337 e. The number of amides is 2. The summed E-state index contributed by atoms with van der Waals surface area (Å²) in [7, 11) is -3.43. The van der Waals surface area contributed by atoms with Crippen molar-refractivity contribution in [3.8, 4) is 0 Å². The third-order valence-corrected chi connectivity index (χ3v) is 8.48. The highest BCUT2D eigenvalue weighted by molar-refractivity contribution is 7.90. The molecule has 4 rings (SSSR count). The molecule has 160 valence electrons. The van der Waals surface area contributed by atoms with Gasteiger partial charge in [-0.05, 0) is 60.4 Å². The van der Waals surface area contributed by atoms with Crippen LogP contribution >= 0.6 is 11.3 Å². The Morgan fingerprint density at radius 3 is 2.80 bits per heavy atom. The highest BCUT2D eigenvalue weighted by atomic mass is 32.2. The number of aryl methyl sites for hydroxylation is 2. The Hall–Kier alpha value is -2.23. The van der Waals surface area contributed by atoms with Gasteiger partial charge in [0.1, 0.15) is 5.00 Å². The quantitative estimate of drug-likeness (QED) is 0.712. The van der Waals surface area contributed by atoms with E-state index < -0.39 is 15.3 Å². The lowest BCUT2D eigenvalue weighted by Crippen LogP contribution is -2.37. The van der Waals surface area contributed by atoms with Gasteiger partial charge in [-0.2, -0.15) is 0 Å². The molecule has 1 aliphatic heterocycles. The second-order valence-electron chi connectivity index (χ2n) is 7.66. The lowest BCUT2D eigenvalue weighted by molar-refractivity contribution is 0.0794. The van der Waals surface area contributed by atoms with E-state index in [2.05, 4.69) is 10.0 Å². The minimum Gasteiger partial charge on any atom is -0.337 e. The molecule has 0 bridgehead atoms. The summed E-state index contributed by atoms with van der Waals surface area (Å²) in [5.41, 5.74) is 3.50. The SMILES string of the molecule is CCNS(=O)(=O)C1CCN(C(=O)c2ccsc2NC(=O)c2ccc3c(c2)CCC3)C1. The number of nitrogens with zero attached hydrogens (tertiary/aromatic N) is 1. The Morgan fingerprint density at radius 2 is 2.00 bits per heavy atom. The van der Waals surface area contributed by atoms with Crippen molar-refractivity contribution < 1.29 is 18.0 Å². The van der Waals surface area contributed by atoms with Gasteiger partial charge in [0.15, 0.2) is 0 Å². The Kier molecular flexibility index (Phi) is 5.95. The molecule has 7 nitrogen and oxygen atoms in total. The number of nitrogens with one attached hydrogen (secondary N) is 2. The number of benzene rings is 1. The van der Waals surface area contributed by atoms with Gasteiger partial charge in [0.2, 0.25) is 10.0 Å². The van der Waals surface area contributed by atoms with E-state index in [1.807, 2.05) is 18.2 Å². The van der Waals surface area contributed by atoms with Gasteiger partial charge in [-0.15, -0.1) is 11.3 Å². The van der Waals surface area contributed by atoms with Crippen LogP contribution < -0.4 is 10.0 Å². The van der Waals surface area contributed by atoms with Gasteiger partial charge in [-0.25, -0.2) is 13.1 Å². The van der Waals surface area contributed by atoms with E-state index in [-0.39, 0.29) is 18.4 Å². The normalized spacial score (nSPS) is 18.4. The molecule has 1 saturated heterocycles. The van der Waals surface area contributed by atoms with Gasteiger partial charge < -0.3 is 10.2 Å². The number of anilines is 1. The minimum atomic E-state index is -3.43. The molecule has 1 atom stereocenters. The molecule has 9 heteroatoms. The number of sulfonamides is 1. The second-order valence-corrected chi connectivity index (χ2v) is 10.6. The van der Waals surface area contributed by atoms with Gasteiger partial charge in [0.25, 0.3) is 11.8 Å². The predicted molar refractivity (Wildman–Crippen MR) is 118 cm³/mol. The summed E-state index contributed by atoms with van der Waals surface area (Å²) in [4.78, 5) is 27.3. The number of likely N-dealkylation sites (tertiary alicyclic amines) is 1. The van der Waals surface area contributed by atoms with Crippen LogP contribution in [0.5, 0.6) is 0 Å². The summed E-state index contributed by atoms with van der Waals surface area (Å²) >= 11 is 1.29. The standard InChI is InChI=1S/C21H25N3O4S2/c1-2-22-30(27,28)17-8-10-24(13-17)21(26)18-9-11-29-20(18)23-19(25)16-7-6-14-4-3-5-15(14)12-16/h6-7,9,11-12,17,22H,2-5,8,10,13H2,1H3,(H,23,25). The average Bonchev–Trinajstić information content (AvgIpc) is 3.46. The van der Waals surface area contributed by atoms with Crippen molar-refractivity contribution in [2.45, 2.75) is 37.9 Å². The van der Waals surface area contributed by atoms with E-state index >= 15 is 0 Å². The zero-order chi connectivity index (χ0) is 21.3. The Balaban J connectivity index is 1.46. The zero-order valence-corrected chi connectivity index (χ0v) is 18.4. The Labute approximate surface area is 180 Å². The van der Waals surface area contributed by atoms with Crippen LogP contribution in [-0.4, -0.2) is 50.0 Å². The van der Waals surface area contributed by atoms with Crippen LogP contribution in [-0.2, 0) is 22.9 Å². The van der Waals surface area contributed by atoms with E-state index in [9.17, 15) is 18.0 Å². The van der Waals surface area contributed by atoms with Crippen LogP contribution in [0.1, 0.15) is 51.6 Å². The lowest BCUT2D eigenvalue weighted by Gasteiger charge is -2.17. The second kappa shape index (κ2) is 8.49. The van der Waals surface area contributed by atoms with Crippen LogP contribution in [0.4, 0.5) is 5.00 Å². The maximum absolute atomic E-state index is 13.0. The minimum absolute atomic E-state index is 0.155. The Morgan fingerprint density at radius 1 is 1.20 bits per heavy atom. The number of carbonyl (C=O) groups excluding carboxylic acids is 2. The zero-order valence-electron chi connectivity index (χ0n) is 16.8. The molecule has 2 aliphatic rings. The molecule has 1 aliphatic carbocycles. The molecule has 30 heavy (non-hydrogen) atoms. The van der Waals surface area contributed by atoms with Crippen LogP contribution in [0.15, 0.2) is 29.6 Å². The van der Waals surface area contributed by atoms with Crippen LogP contribution in [0, 0.1) is 0 Å². The number of hydrogen-bond donors (Lipinski definition) is 2. The van der Waals surface area contributed by atoms with E-state index in [4.69, 9.17) is 0 Å². The summed E-state index contributed by atoms with van der Waals surface area (Å²) < 4.78 is 27.0. The first-order valence-corrected chi connectivity index (χ1v) is 12.6. The van der Waals surface area contributed by atoms with Gasteiger partial charge in [0.05, 0.1) is 10.8 Å². The number of carbonyl (C=O) groups is 2. The van der Waals surface area contributed by atoms with Crippen molar-refractivity contribution in [1.29, 1.82) is 0 Å². The number of thiophene rings is 1. The molecular weight excluding hydrogens is 422 g/mol. The highest BCUT2D eigenvalue weighted by Crippen LogP contribution is 2.28. The summed E-state index contributed by atoms with van der Waals surface area (Å²) in [6.07, 6.45) is 3.57. The number of rotatable bonds is 6. The average molecular weight is 448 g/mol. The van der Waals surface area contributed by atoms with E-state index in [0.29, 0.717) is 35.6 Å². The van der Waals surface area contributed by atoms with Crippen molar-refractivity contribution in [3.05, 3.63) is 51.9 Å². The van der Waals surface area contributed by atoms with E-state index in [0.717, 1.165) is 19.3 Å². The fourth-order valence-electron chi connectivity index (χ4n) is 4.12. The summed E-state index contributed by atoms with van der Waals surface area (Å²) in [6, 6.07) is 7.44. The molecule has 1 unspecified atom stereocenters. The topological polar surface area (TPSA) is 95.6 Å². The molecule has 1 fully saturated rings. The molecule has 0 saturated carbocycles. The molecule has 2 N–H and O–H groups in total. The first-order valence-electron chi connectivity index (χ1n) is 10.2. The van der Waals surface area contributed by atoms with Crippen molar-refractivity contribution in [2.24, 2.45) is 0 Å². The summed E-state index contributed by atoms with van der Waals surface area (Å²) in [5.74, 6) is -0.495. The van der Waals surface area contributed by atoms with E-state index in [1.165, 1.54) is 22.5 Å². The Bertz CT molecular complexity index is 1080. The molecule has 0 radical (unpaired) electrons. The van der Waals surface area contributed by atoms with Gasteiger partial charge >= 0.3 is 0 Å². The molecule has 2 amide bonds. The van der Waals surface area contributed by atoms with Crippen molar-refractivity contribution in [2.75, 3.05) is 25.0 Å². The fraction of sp³-hybridized carbons (Fsp3) is 0.429. The van der Waals surface area contributed by atoms with Crippen molar-refractivity contribution in [3.63, 3.8) is 0 Å². The first kappa shape index (κ1) is 21.0. The number of hydrogen-bond acceptors (Lipinski definition) is 5. The molecule has 0 spiro atoms. The maximum Gasteiger partial charge on any atom is 0.256 e. The third kappa shape index (κ3) is 4.14. The molecule has 1 aromatic heterocycles. The van der Waals surface area contributed by atoms with Crippen LogP contribution in [0.2, 0.25) is 0 Å². The van der Waals surface area contributed by atoms with Gasteiger partial charge in [-0.1, -0.05) is 13.0 Å². The monoisotopic (exact) mass is 447 g/mol. The molecule has 2 aromatic rings. The molecule has 1 aromatic carbocycles. The van der Waals surface area contributed by atoms with Crippen molar-refractivity contribution >= 4 is 38.2 Å². The highest BCUT2D eigenvalue weighted by Gasteiger charge is 2.35. The van der Waals surface area contributed by atoms with Crippen LogP contribution in [0.25, 0.3) is 0 Å². The van der Waals surface area contributed by atoms with Gasteiger partial charge in [-0.3, -0.25) is 9.59 Å². The van der Waals surface area contributed by atoms with E-state index in [1.54, 1.807) is 23.3 Å². The van der Waals surface area contributed by atoms with Gasteiger partial charge in [0, 0.05) is 25.2 Å². The molecule has 2 heterocycles. The molecular formula is C21H25N3O4S2. The lowest BCUT2D eigenvalue weighted by atomic mass is 10.1.